The molecule has 2 atom stereocenters. The maximum atomic E-state index is 13.9. The first-order chi connectivity index (χ1) is 23.7. The molecule has 3 heterocycles. The SMILES string of the molecule is COCCC(=O)N1CCN2C(C(c3ccccc3)c3ccccc3)CN(Cc3c(OC)ccc(-n4nnnc4C(F)(F)F)c3OC)C[C@@H]2C1. The highest BCUT2D eigenvalue weighted by Gasteiger charge is 2.44. The van der Waals surface area contributed by atoms with Gasteiger partial charge in [-0.2, -0.15) is 17.9 Å². The average Bonchev–Trinajstić information content (AvgIpc) is 3.62. The summed E-state index contributed by atoms with van der Waals surface area (Å²) in [5.41, 5.74) is 2.96. The molecule has 2 saturated heterocycles. The van der Waals surface area contributed by atoms with Crippen LogP contribution in [0.1, 0.15) is 34.9 Å². The molecule has 3 aromatic carbocycles. The molecule has 1 amide bonds. The number of tetrazole rings is 1. The molecule has 4 aromatic rings. The fraction of sp³-hybridized carbons (Fsp3) is 0.429. The van der Waals surface area contributed by atoms with Crippen LogP contribution < -0.4 is 9.47 Å². The smallest absolute Gasteiger partial charge is 0.453 e. The number of hydrogen-bond acceptors (Lipinski definition) is 9. The van der Waals surface area contributed by atoms with Gasteiger partial charge in [-0.1, -0.05) is 60.7 Å². The number of ether oxygens (including phenoxy) is 3. The predicted octanol–water partition coefficient (Wildman–Crippen LogP) is 4.26. The lowest BCUT2D eigenvalue weighted by Crippen LogP contribution is -2.67. The van der Waals surface area contributed by atoms with Crippen molar-refractivity contribution in [1.82, 2.24) is 34.9 Å². The van der Waals surface area contributed by atoms with Gasteiger partial charge in [0.1, 0.15) is 11.4 Å². The van der Waals surface area contributed by atoms with Crippen molar-refractivity contribution in [3.8, 4) is 17.2 Å². The Balaban J connectivity index is 1.40. The highest BCUT2D eigenvalue weighted by molar-refractivity contribution is 5.76. The van der Waals surface area contributed by atoms with E-state index in [-0.39, 0.29) is 35.3 Å². The van der Waals surface area contributed by atoms with E-state index in [0.29, 0.717) is 68.3 Å². The summed E-state index contributed by atoms with van der Waals surface area (Å²) in [6.45, 7) is 3.77. The minimum Gasteiger partial charge on any atom is -0.496 e. The van der Waals surface area contributed by atoms with Crippen LogP contribution in [0.15, 0.2) is 72.8 Å². The molecule has 0 spiro atoms. The van der Waals surface area contributed by atoms with Crippen LogP contribution in [0, 0.1) is 0 Å². The summed E-state index contributed by atoms with van der Waals surface area (Å²) in [4.78, 5) is 19.9. The molecular formula is C35H40F3N7O4. The van der Waals surface area contributed by atoms with Crippen molar-refractivity contribution in [2.75, 3.05) is 60.7 Å². The van der Waals surface area contributed by atoms with Crippen LogP contribution in [0.4, 0.5) is 13.2 Å². The van der Waals surface area contributed by atoms with Gasteiger partial charge < -0.3 is 19.1 Å². The van der Waals surface area contributed by atoms with Crippen molar-refractivity contribution in [2.45, 2.75) is 37.1 Å². The van der Waals surface area contributed by atoms with Gasteiger partial charge >= 0.3 is 6.18 Å². The molecule has 1 unspecified atom stereocenters. The molecule has 0 saturated carbocycles. The lowest BCUT2D eigenvalue weighted by atomic mass is 9.81. The van der Waals surface area contributed by atoms with E-state index in [9.17, 15) is 18.0 Å². The van der Waals surface area contributed by atoms with Crippen LogP contribution in [0.25, 0.3) is 5.69 Å². The Hall–Kier alpha value is -4.53. The second-order valence-corrected chi connectivity index (χ2v) is 12.2. The first kappa shape index (κ1) is 34.3. The Morgan fingerprint density at radius 1 is 0.898 bits per heavy atom. The number of halogens is 3. The standard InChI is InChI=1S/C35H40F3N7O4/c1-47-19-16-31(46)43-17-18-44-26(21-43)20-42(23-29(44)32(24-10-6-4-7-11-24)25-12-8-5-9-13-25)22-27-30(48-2)15-14-28(33(27)49-3)45-34(35(36,37)38)39-40-41-45/h4-15,26,29,32H,16-23H2,1-3H3/t26-,29?/m1/s1. The van der Waals surface area contributed by atoms with Gasteiger partial charge in [0.05, 0.1) is 32.8 Å². The normalized spacial score (nSPS) is 18.8. The highest BCUT2D eigenvalue weighted by Crippen LogP contribution is 2.40. The van der Waals surface area contributed by atoms with Gasteiger partial charge in [0.2, 0.25) is 5.91 Å². The number of carbonyl (C=O) groups excluding carboxylic acids is 1. The zero-order valence-corrected chi connectivity index (χ0v) is 27.7. The van der Waals surface area contributed by atoms with Crippen molar-refractivity contribution in [3.63, 3.8) is 0 Å². The molecule has 1 aromatic heterocycles. The summed E-state index contributed by atoms with van der Waals surface area (Å²) in [5.74, 6) is -0.558. The predicted molar refractivity (Wildman–Crippen MR) is 175 cm³/mol. The monoisotopic (exact) mass is 679 g/mol. The second-order valence-electron chi connectivity index (χ2n) is 12.2. The van der Waals surface area contributed by atoms with Crippen LogP contribution >= 0.6 is 0 Å². The zero-order chi connectivity index (χ0) is 34.5. The maximum Gasteiger partial charge on any atom is 0.453 e. The van der Waals surface area contributed by atoms with E-state index in [1.807, 2.05) is 41.3 Å². The van der Waals surface area contributed by atoms with Crippen molar-refractivity contribution in [3.05, 3.63) is 95.3 Å². The number of nitrogens with zero attached hydrogens (tertiary/aromatic N) is 7. The molecule has 0 aliphatic carbocycles. The lowest BCUT2D eigenvalue weighted by molar-refractivity contribution is -0.146. The summed E-state index contributed by atoms with van der Waals surface area (Å²) in [6, 6.07) is 23.9. The molecule has 2 aliphatic heterocycles. The molecule has 6 rings (SSSR count). The second kappa shape index (κ2) is 14.9. The van der Waals surface area contributed by atoms with Crippen molar-refractivity contribution in [1.29, 1.82) is 0 Å². The molecule has 2 fully saturated rings. The summed E-state index contributed by atoms with van der Waals surface area (Å²) < 4.78 is 58.9. The molecule has 14 heteroatoms. The van der Waals surface area contributed by atoms with Gasteiger partial charge in [-0.15, -0.1) is 5.10 Å². The Labute approximate surface area is 283 Å². The number of benzene rings is 3. The van der Waals surface area contributed by atoms with E-state index in [2.05, 4.69) is 49.6 Å². The lowest BCUT2D eigenvalue weighted by Gasteiger charge is -2.53. The van der Waals surface area contributed by atoms with Gasteiger partial charge in [0.25, 0.3) is 5.82 Å². The van der Waals surface area contributed by atoms with Crippen LogP contribution in [0.2, 0.25) is 0 Å². The summed E-state index contributed by atoms with van der Waals surface area (Å²) in [7, 11) is 4.51. The van der Waals surface area contributed by atoms with Crippen molar-refractivity contribution < 1.29 is 32.2 Å². The summed E-state index contributed by atoms with van der Waals surface area (Å²) in [6.07, 6.45) is -4.47. The molecular weight excluding hydrogens is 639 g/mol. The quantitative estimate of drug-likeness (QED) is 0.230. The molecule has 11 nitrogen and oxygen atoms in total. The first-order valence-electron chi connectivity index (χ1n) is 16.2. The minimum absolute atomic E-state index is 0.00846. The van der Waals surface area contributed by atoms with Gasteiger partial charge in [0.15, 0.2) is 5.75 Å². The molecule has 0 N–H and O–H groups in total. The van der Waals surface area contributed by atoms with Crippen LogP contribution in [0.3, 0.4) is 0 Å². The van der Waals surface area contributed by atoms with Gasteiger partial charge in [-0.05, 0) is 33.7 Å². The van der Waals surface area contributed by atoms with Crippen LogP contribution in [-0.4, -0.2) is 114 Å². The fourth-order valence-electron chi connectivity index (χ4n) is 7.25. The first-order valence-corrected chi connectivity index (χ1v) is 16.2. The molecule has 0 bridgehead atoms. The number of hydrogen-bond donors (Lipinski definition) is 0. The third-order valence-corrected chi connectivity index (χ3v) is 9.40. The molecule has 0 radical (unpaired) electrons. The van der Waals surface area contributed by atoms with E-state index < -0.39 is 12.0 Å². The van der Waals surface area contributed by atoms with E-state index in [1.165, 1.54) is 31.4 Å². The molecule has 260 valence electrons. The number of aromatic nitrogens is 4. The van der Waals surface area contributed by atoms with Crippen LogP contribution in [-0.2, 0) is 22.3 Å². The number of rotatable bonds is 11. The Kier molecular flexibility index (Phi) is 10.5. The number of fused-ring (bicyclic) bond motifs is 1. The van der Waals surface area contributed by atoms with E-state index >= 15 is 0 Å². The third kappa shape index (κ3) is 7.26. The van der Waals surface area contributed by atoms with E-state index in [4.69, 9.17) is 14.2 Å². The minimum atomic E-state index is -4.78. The van der Waals surface area contributed by atoms with E-state index in [1.54, 1.807) is 13.2 Å². The fourth-order valence-corrected chi connectivity index (χ4v) is 7.25. The van der Waals surface area contributed by atoms with Crippen LogP contribution in [0.5, 0.6) is 11.5 Å². The van der Waals surface area contributed by atoms with Gasteiger partial charge in [0, 0.05) is 64.4 Å². The summed E-state index contributed by atoms with van der Waals surface area (Å²) in [5, 5.41) is 10.2. The topological polar surface area (TPSA) is 98.1 Å². The van der Waals surface area contributed by atoms with Gasteiger partial charge in [-0.3, -0.25) is 14.6 Å². The number of carbonyl (C=O) groups is 1. The highest BCUT2D eigenvalue weighted by atomic mass is 19.4. The number of piperazine rings is 2. The number of methoxy groups -OCH3 is 3. The molecule has 2 aliphatic rings. The summed E-state index contributed by atoms with van der Waals surface area (Å²) >= 11 is 0. The third-order valence-electron chi connectivity index (χ3n) is 9.40. The Bertz CT molecular complexity index is 1670. The number of amides is 1. The molecule has 49 heavy (non-hydrogen) atoms. The Morgan fingerprint density at radius 2 is 1.59 bits per heavy atom. The van der Waals surface area contributed by atoms with Gasteiger partial charge in [-0.25, -0.2) is 0 Å². The van der Waals surface area contributed by atoms with E-state index in [0.717, 1.165) is 0 Å². The zero-order valence-electron chi connectivity index (χ0n) is 27.7. The number of alkyl halides is 3. The average molecular weight is 680 g/mol. The largest absolute Gasteiger partial charge is 0.496 e. The van der Waals surface area contributed by atoms with Crippen molar-refractivity contribution >= 4 is 5.91 Å². The Morgan fingerprint density at radius 3 is 2.20 bits per heavy atom. The maximum absolute atomic E-state index is 13.9. The van der Waals surface area contributed by atoms with Crippen molar-refractivity contribution in [2.24, 2.45) is 0 Å².